The Morgan fingerprint density at radius 2 is 2.00 bits per heavy atom. The number of nitrogens with one attached hydrogen (secondary N) is 1. The fraction of sp³-hybridized carbons (Fsp3) is 0.889. The van der Waals surface area contributed by atoms with Crippen molar-refractivity contribution in [3.8, 4) is 0 Å². The molecule has 96 valence electrons. The highest BCUT2D eigenvalue weighted by Crippen LogP contribution is 2.18. The summed E-state index contributed by atoms with van der Waals surface area (Å²) in [4.78, 5) is 11.7. The van der Waals surface area contributed by atoms with Crippen molar-refractivity contribution < 1.29 is 13.2 Å². The minimum atomic E-state index is -3.44. The third-order valence-corrected chi connectivity index (χ3v) is 3.53. The first-order valence-electron chi connectivity index (χ1n) is 5.24. The normalized spacial score (nSPS) is 15.5. The van der Waals surface area contributed by atoms with Gasteiger partial charge in [0.2, 0.25) is 15.9 Å². The molecule has 1 amide bonds. The Morgan fingerprint density at radius 3 is 2.38 bits per heavy atom. The second-order valence-corrected chi connectivity index (χ2v) is 5.83. The molecule has 0 fully saturated rings. The fourth-order valence-electron chi connectivity index (χ4n) is 1.09. The predicted octanol–water partition coefficient (Wildman–Crippen LogP) is -0.844. The van der Waals surface area contributed by atoms with Gasteiger partial charge in [-0.15, -0.1) is 0 Å². The number of carbonyl (C=O) groups is 1. The van der Waals surface area contributed by atoms with E-state index in [1.807, 2.05) is 6.92 Å². The Hall–Kier alpha value is -0.660. The number of carbonyl (C=O) groups excluding carboxylic acids is 1. The fourth-order valence-corrected chi connectivity index (χ4v) is 1.63. The Balaban J connectivity index is 3.99. The van der Waals surface area contributed by atoms with Gasteiger partial charge in [-0.2, -0.15) is 0 Å². The van der Waals surface area contributed by atoms with Crippen LogP contribution in [0.5, 0.6) is 0 Å². The van der Waals surface area contributed by atoms with Gasteiger partial charge in [-0.25, -0.2) is 13.6 Å². The van der Waals surface area contributed by atoms with Gasteiger partial charge >= 0.3 is 0 Å². The summed E-state index contributed by atoms with van der Waals surface area (Å²) in [6, 6.07) is 0. The summed E-state index contributed by atoms with van der Waals surface area (Å²) in [5.74, 6) is -0.273. The van der Waals surface area contributed by atoms with Crippen molar-refractivity contribution >= 4 is 15.9 Å². The topological polar surface area (TPSA) is 115 Å². The van der Waals surface area contributed by atoms with E-state index in [0.29, 0.717) is 19.4 Å². The number of primary sulfonamides is 1. The molecule has 0 aromatic heterocycles. The van der Waals surface area contributed by atoms with Crippen LogP contribution in [0, 0.1) is 5.41 Å². The van der Waals surface area contributed by atoms with Crippen LogP contribution in [0.1, 0.15) is 26.7 Å². The van der Waals surface area contributed by atoms with Gasteiger partial charge in [0.05, 0.1) is 11.2 Å². The van der Waals surface area contributed by atoms with Crippen LogP contribution in [0.4, 0.5) is 0 Å². The maximum atomic E-state index is 11.7. The summed E-state index contributed by atoms with van der Waals surface area (Å²) >= 11 is 0. The molecule has 6 nitrogen and oxygen atoms in total. The maximum Gasteiger partial charge on any atom is 0.227 e. The molecule has 16 heavy (non-hydrogen) atoms. The van der Waals surface area contributed by atoms with E-state index in [2.05, 4.69) is 5.32 Å². The van der Waals surface area contributed by atoms with Crippen molar-refractivity contribution in [3.05, 3.63) is 0 Å². The largest absolute Gasteiger partial charge is 0.356 e. The summed E-state index contributed by atoms with van der Waals surface area (Å²) in [7, 11) is -3.44. The highest BCUT2D eigenvalue weighted by Gasteiger charge is 2.28. The molecule has 0 heterocycles. The Kier molecular flexibility index (Phi) is 5.91. The average Bonchev–Trinajstić information content (AvgIpc) is 2.21. The molecule has 0 aliphatic heterocycles. The zero-order valence-electron chi connectivity index (χ0n) is 9.82. The van der Waals surface area contributed by atoms with Gasteiger partial charge < -0.3 is 11.1 Å². The van der Waals surface area contributed by atoms with Crippen molar-refractivity contribution in [3.63, 3.8) is 0 Å². The Morgan fingerprint density at radius 1 is 1.44 bits per heavy atom. The molecule has 0 aliphatic carbocycles. The summed E-state index contributed by atoms with van der Waals surface area (Å²) in [6.45, 7) is 4.23. The van der Waals surface area contributed by atoms with E-state index in [4.69, 9.17) is 10.9 Å². The van der Waals surface area contributed by atoms with E-state index in [1.54, 1.807) is 6.92 Å². The first-order valence-corrected chi connectivity index (χ1v) is 6.95. The van der Waals surface area contributed by atoms with Crippen LogP contribution in [0.3, 0.4) is 0 Å². The summed E-state index contributed by atoms with van der Waals surface area (Å²) in [5, 5.41) is 7.49. The van der Waals surface area contributed by atoms with E-state index in [1.165, 1.54) is 0 Å². The molecule has 1 unspecified atom stereocenters. The molecule has 0 saturated heterocycles. The van der Waals surface area contributed by atoms with Crippen LogP contribution in [-0.4, -0.2) is 33.2 Å². The summed E-state index contributed by atoms with van der Waals surface area (Å²) in [6.07, 6.45) is 0.958. The molecule has 0 aromatic rings. The van der Waals surface area contributed by atoms with Gasteiger partial charge in [-0.1, -0.05) is 6.92 Å². The molecule has 0 bridgehead atoms. The predicted molar refractivity (Wildman–Crippen MR) is 63.1 cm³/mol. The monoisotopic (exact) mass is 251 g/mol. The first-order chi connectivity index (χ1) is 7.25. The third-order valence-electron chi connectivity index (χ3n) is 2.67. The van der Waals surface area contributed by atoms with Gasteiger partial charge in [-0.3, -0.25) is 4.79 Å². The highest BCUT2D eigenvalue weighted by atomic mass is 32.2. The number of rotatable bonds is 7. The van der Waals surface area contributed by atoms with Crippen LogP contribution < -0.4 is 16.2 Å². The number of hydrogen-bond donors (Lipinski definition) is 3. The van der Waals surface area contributed by atoms with Crippen LogP contribution in [0.2, 0.25) is 0 Å². The lowest BCUT2D eigenvalue weighted by atomic mass is 9.87. The lowest BCUT2D eigenvalue weighted by Gasteiger charge is -2.24. The zero-order valence-corrected chi connectivity index (χ0v) is 10.6. The molecular formula is C9H21N3O3S. The third kappa shape index (κ3) is 5.43. The van der Waals surface area contributed by atoms with Gasteiger partial charge in [0.1, 0.15) is 0 Å². The van der Waals surface area contributed by atoms with Crippen molar-refractivity contribution in [1.82, 2.24) is 5.32 Å². The van der Waals surface area contributed by atoms with Crippen LogP contribution >= 0.6 is 0 Å². The molecular weight excluding hydrogens is 230 g/mol. The van der Waals surface area contributed by atoms with Crippen molar-refractivity contribution in [2.24, 2.45) is 16.3 Å². The second kappa shape index (κ2) is 6.17. The number of sulfonamides is 1. The standard InChI is InChI=1S/C9H21N3O3S/c1-3-9(2,7-10)8(13)12-5-4-6-16(11,14)15/h3-7,10H2,1-2H3,(H,12,13)(H2,11,14,15). The summed E-state index contributed by atoms with van der Waals surface area (Å²) < 4.78 is 21.3. The molecule has 7 heteroatoms. The molecule has 5 N–H and O–H groups in total. The minimum Gasteiger partial charge on any atom is -0.356 e. The van der Waals surface area contributed by atoms with Crippen LogP contribution in [0.15, 0.2) is 0 Å². The molecule has 0 radical (unpaired) electrons. The lowest BCUT2D eigenvalue weighted by Crippen LogP contribution is -2.44. The average molecular weight is 251 g/mol. The number of amides is 1. The van der Waals surface area contributed by atoms with E-state index >= 15 is 0 Å². The molecule has 0 aliphatic rings. The molecule has 0 rings (SSSR count). The molecule has 0 spiro atoms. The molecule has 1 atom stereocenters. The van der Waals surface area contributed by atoms with E-state index in [0.717, 1.165) is 0 Å². The molecule has 0 aromatic carbocycles. The summed E-state index contributed by atoms with van der Waals surface area (Å²) in [5.41, 5.74) is 4.93. The van der Waals surface area contributed by atoms with Gasteiger partial charge in [0, 0.05) is 13.1 Å². The second-order valence-electron chi connectivity index (χ2n) is 4.09. The lowest BCUT2D eigenvalue weighted by molar-refractivity contribution is -0.129. The molecule has 0 saturated carbocycles. The smallest absolute Gasteiger partial charge is 0.227 e. The quantitative estimate of drug-likeness (QED) is 0.511. The van der Waals surface area contributed by atoms with Crippen molar-refractivity contribution in [2.45, 2.75) is 26.7 Å². The zero-order chi connectivity index (χ0) is 12.8. The number of hydrogen-bond acceptors (Lipinski definition) is 4. The van der Waals surface area contributed by atoms with E-state index < -0.39 is 15.4 Å². The van der Waals surface area contributed by atoms with Crippen molar-refractivity contribution in [1.29, 1.82) is 0 Å². The van der Waals surface area contributed by atoms with Crippen LogP contribution in [-0.2, 0) is 14.8 Å². The minimum absolute atomic E-state index is 0.126. The van der Waals surface area contributed by atoms with Gasteiger partial charge in [-0.05, 0) is 19.8 Å². The van der Waals surface area contributed by atoms with Gasteiger partial charge in [0.15, 0.2) is 0 Å². The SMILES string of the molecule is CCC(C)(CN)C(=O)NCCCS(N)(=O)=O. The Bertz CT molecular complexity index is 323. The Labute approximate surface area is 96.8 Å². The number of nitrogens with two attached hydrogens (primary N) is 2. The highest BCUT2D eigenvalue weighted by molar-refractivity contribution is 7.89. The van der Waals surface area contributed by atoms with E-state index in [9.17, 15) is 13.2 Å². The van der Waals surface area contributed by atoms with Crippen LogP contribution in [0.25, 0.3) is 0 Å². The van der Waals surface area contributed by atoms with Crippen molar-refractivity contribution in [2.75, 3.05) is 18.8 Å². The maximum absolute atomic E-state index is 11.7. The van der Waals surface area contributed by atoms with Gasteiger partial charge in [0.25, 0.3) is 0 Å². The first kappa shape index (κ1) is 15.3. The van der Waals surface area contributed by atoms with E-state index in [-0.39, 0.29) is 18.2 Å².